The number of carbonyl (C=O) groups is 1. The van der Waals surface area contributed by atoms with E-state index >= 15 is 0 Å². The highest BCUT2D eigenvalue weighted by molar-refractivity contribution is 7.09. The monoisotopic (exact) mass is 333 g/mol. The van der Waals surface area contributed by atoms with Gasteiger partial charge in [-0.15, -0.1) is 11.3 Å². The Labute approximate surface area is 140 Å². The van der Waals surface area contributed by atoms with Crippen LogP contribution in [0.2, 0.25) is 0 Å². The predicted octanol–water partition coefficient (Wildman–Crippen LogP) is 2.39. The fourth-order valence-corrected chi connectivity index (χ4v) is 2.87. The summed E-state index contributed by atoms with van der Waals surface area (Å²) in [5.74, 6) is 0.554. The SMILES string of the molecule is CC(C)(C)c1csc(CCNC(=O)CCNc2ncccn2)n1. The maximum atomic E-state index is 11.8. The Balaban J connectivity index is 1.64. The highest BCUT2D eigenvalue weighted by Gasteiger charge is 2.17. The van der Waals surface area contributed by atoms with Gasteiger partial charge in [0.05, 0.1) is 10.7 Å². The number of aromatic nitrogens is 3. The van der Waals surface area contributed by atoms with Crippen molar-refractivity contribution in [1.82, 2.24) is 20.3 Å². The molecular formula is C16H23N5OS. The molecule has 2 aromatic heterocycles. The van der Waals surface area contributed by atoms with Crippen molar-refractivity contribution in [3.8, 4) is 0 Å². The zero-order valence-corrected chi connectivity index (χ0v) is 14.6. The molecule has 0 aliphatic rings. The van der Waals surface area contributed by atoms with Crippen molar-refractivity contribution in [1.29, 1.82) is 0 Å². The molecule has 0 saturated carbocycles. The molecule has 0 bridgehead atoms. The average Bonchev–Trinajstić information content (AvgIpc) is 2.97. The van der Waals surface area contributed by atoms with E-state index in [1.807, 2.05) is 0 Å². The lowest BCUT2D eigenvalue weighted by atomic mass is 9.93. The van der Waals surface area contributed by atoms with E-state index in [9.17, 15) is 4.79 Å². The highest BCUT2D eigenvalue weighted by atomic mass is 32.1. The largest absolute Gasteiger partial charge is 0.356 e. The third-order valence-electron chi connectivity index (χ3n) is 3.18. The molecule has 0 aromatic carbocycles. The third-order valence-corrected chi connectivity index (χ3v) is 4.09. The van der Waals surface area contributed by atoms with Crippen LogP contribution in [-0.2, 0) is 16.6 Å². The molecule has 0 radical (unpaired) electrons. The van der Waals surface area contributed by atoms with Crippen molar-refractivity contribution in [3.63, 3.8) is 0 Å². The highest BCUT2D eigenvalue weighted by Crippen LogP contribution is 2.23. The summed E-state index contributed by atoms with van der Waals surface area (Å²) in [7, 11) is 0. The van der Waals surface area contributed by atoms with E-state index in [0.717, 1.165) is 17.1 Å². The van der Waals surface area contributed by atoms with E-state index in [0.29, 0.717) is 25.5 Å². The van der Waals surface area contributed by atoms with Crippen molar-refractivity contribution in [2.24, 2.45) is 0 Å². The van der Waals surface area contributed by atoms with Crippen molar-refractivity contribution in [2.45, 2.75) is 39.0 Å². The smallest absolute Gasteiger partial charge is 0.222 e. The summed E-state index contributed by atoms with van der Waals surface area (Å²) < 4.78 is 0. The van der Waals surface area contributed by atoms with Gasteiger partial charge in [0.25, 0.3) is 0 Å². The summed E-state index contributed by atoms with van der Waals surface area (Å²) in [6.07, 6.45) is 4.48. The number of thiazole rings is 1. The minimum Gasteiger partial charge on any atom is -0.356 e. The number of carbonyl (C=O) groups excluding carboxylic acids is 1. The summed E-state index contributed by atoms with van der Waals surface area (Å²) >= 11 is 1.65. The molecule has 0 fully saturated rings. The van der Waals surface area contributed by atoms with E-state index in [1.165, 1.54) is 0 Å². The molecule has 2 heterocycles. The Morgan fingerprint density at radius 3 is 2.61 bits per heavy atom. The zero-order chi connectivity index (χ0) is 16.7. The predicted molar refractivity (Wildman–Crippen MR) is 92.7 cm³/mol. The van der Waals surface area contributed by atoms with Crippen molar-refractivity contribution in [3.05, 3.63) is 34.5 Å². The summed E-state index contributed by atoms with van der Waals surface area (Å²) in [5.41, 5.74) is 1.18. The Morgan fingerprint density at radius 1 is 1.22 bits per heavy atom. The molecule has 6 nitrogen and oxygen atoms in total. The van der Waals surface area contributed by atoms with Gasteiger partial charge in [-0.25, -0.2) is 15.0 Å². The first-order chi connectivity index (χ1) is 10.9. The van der Waals surface area contributed by atoms with Crippen LogP contribution in [0.5, 0.6) is 0 Å². The number of nitrogens with one attached hydrogen (secondary N) is 2. The maximum Gasteiger partial charge on any atom is 0.222 e. The first-order valence-electron chi connectivity index (χ1n) is 7.67. The Kier molecular flexibility index (Phi) is 6.04. The lowest BCUT2D eigenvalue weighted by molar-refractivity contribution is -0.120. The standard InChI is InChI=1S/C16H23N5OS/c1-16(2,3)12-11-23-14(21-12)6-10-17-13(22)5-9-20-15-18-7-4-8-19-15/h4,7-8,11H,5-6,9-10H2,1-3H3,(H,17,22)(H,18,19,20). The second kappa shape index (κ2) is 8.01. The van der Waals surface area contributed by atoms with Gasteiger partial charge in [0, 0.05) is 49.1 Å². The molecule has 2 N–H and O–H groups in total. The summed E-state index contributed by atoms with van der Waals surface area (Å²) in [6, 6.07) is 1.75. The Bertz CT molecular complexity index is 621. The minimum absolute atomic E-state index is 0.0148. The lowest BCUT2D eigenvalue weighted by Crippen LogP contribution is -2.27. The van der Waals surface area contributed by atoms with Crippen molar-refractivity contribution < 1.29 is 4.79 Å². The molecule has 7 heteroatoms. The van der Waals surface area contributed by atoms with Gasteiger partial charge in [0.1, 0.15) is 0 Å². The molecule has 124 valence electrons. The summed E-state index contributed by atoms with van der Waals surface area (Å²) in [4.78, 5) is 24.5. The molecule has 0 unspecified atom stereocenters. The summed E-state index contributed by atoms with van der Waals surface area (Å²) in [6.45, 7) is 7.57. The lowest BCUT2D eigenvalue weighted by Gasteiger charge is -2.14. The molecule has 0 aliphatic heterocycles. The van der Waals surface area contributed by atoms with Crippen LogP contribution in [0.15, 0.2) is 23.8 Å². The average molecular weight is 333 g/mol. The number of rotatable bonds is 7. The second-order valence-corrected chi connectivity index (χ2v) is 7.17. The number of nitrogens with zero attached hydrogens (tertiary/aromatic N) is 3. The quantitative estimate of drug-likeness (QED) is 0.813. The van der Waals surface area contributed by atoms with Crippen LogP contribution in [-0.4, -0.2) is 33.9 Å². The Hall–Kier alpha value is -2.02. The van der Waals surface area contributed by atoms with Crippen molar-refractivity contribution in [2.75, 3.05) is 18.4 Å². The van der Waals surface area contributed by atoms with Crippen LogP contribution in [0.1, 0.15) is 37.9 Å². The molecule has 0 spiro atoms. The number of hydrogen-bond donors (Lipinski definition) is 2. The summed E-state index contributed by atoms with van der Waals surface area (Å²) in [5, 5.41) is 9.08. The van der Waals surface area contributed by atoms with Gasteiger partial charge in [0.15, 0.2) is 0 Å². The molecular weight excluding hydrogens is 310 g/mol. The van der Waals surface area contributed by atoms with Crippen LogP contribution in [0, 0.1) is 0 Å². The van der Waals surface area contributed by atoms with Crippen molar-refractivity contribution >= 4 is 23.2 Å². The number of hydrogen-bond acceptors (Lipinski definition) is 6. The molecule has 23 heavy (non-hydrogen) atoms. The fraction of sp³-hybridized carbons (Fsp3) is 0.500. The molecule has 0 saturated heterocycles. The molecule has 0 aliphatic carbocycles. The van der Waals surface area contributed by atoms with Gasteiger partial charge in [-0.2, -0.15) is 0 Å². The molecule has 2 aromatic rings. The van der Waals surface area contributed by atoms with Crippen LogP contribution in [0.25, 0.3) is 0 Å². The maximum absolute atomic E-state index is 11.8. The van der Waals surface area contributed by atoms with E-state index in [-0.39, 0.29) is 11.3 Å². The molecule has 1 amide bonds. The Morgan fingerprint density at radius 2 is 1.96 bits per heavy atom. The zero-order valence-electron chi connectivity index (χ0n) is 13.8. The second-order valence-electron chi connectivity index (χ2n) is 6.23. The van der Waals surface area contributed by atoms with Gasteiger partial charge >= 0.3 is 0 Å². The first-order valence-corrected chi connectivity index (χ1v) is 8.55. The van der Waals surface area contributed by atoms with E-state index < -0.39 is 0 Å². The first kappa shape index (κ1) is 17.3. The van der Waals surface area contributed by atoms with Gasteiger partial charge in [-0.1, -0.05) is 20.8 Å². The third kappa shape index (κ3) is 5.94. The van der Waals surface area contributed by atoms with Gasteiger partial charge in [-0.3, -0.25) is 4.79 Å². The molecule has 2 rings (SSSR count). The van der Waals surface area contributed by atoms with Crippen LogP contribution in [0.4, 0.5) is 5.95 Å². The van der Waals surface area contributed by atoms with E-state index in [4.69, 9.17) is 0 Å². The van der Waals surface area contributed by atoms with Crippen LogP contribution < -0.4 is 10.6 Å². The van der Waals surface area contributed by atoms with Crippen LogP contribution in [0.3, 0.4) is 0 Å². The van der Waals surface area contributed by atoms with Gasteiger partial charge in [0.2, 0.25) is 11.9 Å². The van der Waals surface area contributed by atoms with E-state index in [1.54, 1.807) is 29.8 Å². The number of amides is 1. The van der Waals surface area contributed by atoms with Crippen LogP contribution >= 0.6 is 11.3 Å². The van der Waals surface area contributed by atoms with Gasteiger partial charge in [-0.05, 0) is 6.07 Å². The fourth-order valence-electron chi connectivity index (χ4n) is 1.85. The van der Waals surface area contributed by atoms with E-state index in [2.05, 4.69) is 51.7 Å². The van der Waals surface area contributed by atoms with Gasteiger partial charge < -0.3 is 10.6 Å². The molecule has 0 atom stereocenters. The number of anilines is 1. The minimum atomic E-state index is 0.0148. The topological polar surface area (TPSA) is 79.8 Å². The normalized spacial score (nSPS) is 11.3.